The predicted molar refractivity (Wildman–Crippen MR) is 80.7 cm³/mol. The summed E-state index contributed by atoms with van der Waals surface area (Å²) in [6.07, 6.45) is 2.54. The third kappa shape index (κ3) is 3.03. The van der Waals surface area contributed by atoms with Crippen LogP contribution in [0.2, 0.25) is 0 Å². The molecule has 2 heterocycles. The first-order valence-corrected chi connectivity index (χ1v) is 6.72. The van der Waals surface area contributed by atoms with Crippen molar-refractivity contribution in [2.45, 2.75) is 13.2 Å². The number of ether oxygens (including phenoxy) is 2. The largest absolute Gasteiger partial charge is 0.496 e. The van der Waals surface area contributed by atoms with Crippen LogP contribution in [-0.2, 0) is 17.9 Å². The van der Waals surface area contributed by atoms with Crippen LogP contribution in [0.15, 0.2) is 29.0 Å². The number of anilines is 1. The topological polar surface area (TPSA) is 131 Å². The van der Waals surface area contributed by atoms with Crippen LogP contribution >= 0.6 is 0 Å². The number of nitrogens with two attached hydrogens (primary N) is 2. The molecule has 120 valence electrons. The number of carbonyl (C=O) groups is 1. The van der Waals surface area contributed by atoms with Gasteiger partial charge < -0.3 is 25.5 Å². The summed E-state index contributed by atoms with van der Waals surface area (Å²) in [6, 6.07) is 3.67. The Hall–Kier alpha value is -3.23. The van der Waals surface area contributed by atoms with Gasteiger partial charge in [0.1, 0.15) is 17.7 Å². The van der Waals surface area contributed by atoms with Gasteiger partial charge in [0, 0.05) is 11.8 Å². The zero-order chi connectivity index (χ0) is 16.4. The number of benzene rings is 1. The van der Waals surface area contributed by atoms with Crippen molar-refractivity contribution in [3.63, 3.8) is 0 Å². The average molecular weight is 317 g/mol. The number of hydrogen-bond acceptors (Lipinski definition) is 7. The van der Waals surface area contributed by atoms with Gasteiger partial charge in [0.15, 0.2) is 11.4 Å². The van der Waals surface area contributed by atoms with Crippen molar-refractivity contribution in [1.82, 2.24) is 14.9 Å². The van der Waals surface area contributed by atoms with Gasteiger partial charge in [-0.2, -0.15) is 5.10 Å². The standard InChI is InChI=1S/C14H15N5O4/c1-21-10-2-8(3-11-12(10)13(15)18-23-11)5-19-6-9(4-17-19)7-22-14(16)20/h2-4,6H,5,7H2,1H3,(H2,15,18)(H2,16,20). The zero-order valence-electron chi connectivity index (χ0n) is 12.4. The Balaban J connectivity index is 1.82. The molecule has 0 aliphatic heterocycles. The number of fused-ring (bicyclic) bond motifs is 1. The van der Waals surface area contributed by atoms with Crippen LogP contribution in [0.4, 0.5) is 10.6 Å². The molecule has 2 aromatic heterocycles. The lowest BCUT2D eigenvalue weighted by Gasteiger charge is -2.06. The summed E-state index contributed by atoms with van der Waals surface area (Å²) in [5, 5.41) is 8.59. The summed E-state index contributed by atoms with van der Waals surface area (Å²) in [7, 11) is 1.55. The van der Waals surface area contributed by atoms with Crippen LogP contribution in [0.1, 0.15) is 11.1 Å². The smallest absolute Gasteiger partial charge is 0.404 e. The molecule has 0 bridgehead atoms. The highest BCUT2D eigenvalue weighted by atomic mass is 16.5. The Labute approximate surface area is 130 Å². The highest BCUT2D eigenvalue weighted by molar-refractivity contribution is 5.93. The van der Waals surface area contributed by atoms with Crippen LogP contribution in [0.5, 0.6) is 5.75 Å². The van der Waals surface area contributed by atoms with Crippen LogP contribution in [0.3, 0.4) is 0 Å². The quantitative estimate of drug-likeness (QED) is 0.724. The molecule has 0 aliphatic rings. The minimum atomic E-state index is -0.823. The lowest BCUT2D eigenvalue weighted by atomic mass is 10.1. The summed E-state index contributed by atoms with van der Waals surface area (Å²) < 4.78 is 16.9. The average Bonchev–Trinajstić information content (AvgIpc) is 3.12. The fraction of sp³-hybridized carbons (Fsp3) is 0.214. The maximum atomic E-state index is 10.6. The fourth-order valence-electron chi connectivity index (χ4n) is 2.27. The second-order valence-corrected chi connectivity index (χ2v) is 4.89. The minimum Gasteiger partial charge on any atom is -0.496 e. The van der Waals surface area contributed by atoms with E-state index in [9.17, 15) is 4.79 Å². The number of hydrogen-bond donors (Lipinski definition) is 2. The highest BCUT2D eigenvalue weighted by Crippen LogP contribution is 2.32. The second kappa shape index (κ2) is 5.87. The van der Waals surface area contributed by atoms with Gasteiger partial charge in [-0.05, 0) is 17.7 Å². The van der Waals surface area contributed by atoms with Crippen LogP contribution in [0.25, 0.3) is 11.0 Å². The Morgan fingerprint density at radius 2 is 2.22 bits per heavy atom. The zero-order valence-corrected chi connectivity index (χ0v) is 12.4. The molecule has 0 saturated carbocycles. The summed E-state index contributed by atoms with van der Waals surface area (Å²) >= 11 is 0. The van der Waals surface area contributed by atoms with Crippen molar-refractivity contribution in [1.29, 1.82) is 0 Å². The van der Waals surface area contributed by atoms with Gasteiger partial charge in [0.2, 0.25) is 0 Å². The molecular weight excluding hydrogens is 302 g/mol. The van der Waals surface area contributed by atoms with E-state index in [1.54, 1.807) is 24.2 Å². The van der Waals surface area contributed by atoms with Gasteiger partial charge in [-0.15, -0.1) is 0 Å². The molecule has 0 unspecified atom stereocenters. The van der Waals surface area contributed by atoms with E-state index < -0.39 is 6.09 Å². The number of nitrogen functional groups attached to an aromatic ring is 1. The Morgan fingerprint density at radius 1 is 1.39 bits per heavy atom. The first-order chi connectivity index (χ1) is 11.1. The molecule has 23 heavy (non-hydrogen) atoms. The van der Waals surface area contributed by atoms with Gasteiger partial charge >= 0.3 is 6.09 Å². The van der Waals surface area contributed by atoms with Gasteiger partial charge in [0.05, 0.1) is 19.9 Å². The number of aromatic nitrogens is 3. The van der Waals surface area contributed by atoms with E-state index in [-0.39, 0.29) is 12.4 Å². The van der Waals surface area contributed by atoms with Gasteiger partial charge in [-0.3, -0.25) is 4.68 Å². The summed E-state index contributed by atoms with van der Waals surface area (Å²) in [5.74, 6) is 0.870. The number of carbonyl (C=O) groups excluding carboxylic acids is 1. The molecule has 3 rings (SSSR count). The summed E-state index contributed by atoms with van der Waals surface area (Å²) in [5.41, 5.74) is 12.9. The minimum absolute atomic E-state index is 0.0797. The molecule has 0 saturated heterocycles. The van der Waals surface area contributed by atoms with E-state index in [4.69, 9.17) is 25.5 Å². The number of amides is 1. The first-order valence-electron chi connectivity index (χ1n) is 6.72. The van der Waals surface area contributed by atoms with E-state index in [1.165, 1.54) is 0 Å². The van der Waals surface area contributed by atoms with Crippen LogP contribution in [-0.4, -0.2) is 28.1 Å². The molecule has 0 spiro atoms. The molecule has 9 nitrogen and oxygen atoms in total. The SMILES string of the molecule is COc1cc(Cn2cc(COC(N)=O)cn2)cc2onc(N)c12. The molecular formula is C14H15N5O4. The number of methoxy groups -OCH3 is 1. The third-order valence-corrected chi connectivity index (χ3v) is 3.26. The van der Waals surface area contributed by atoms with Gasteiger partial charge in [0.25, 0.3) is 0 Å². The first kappa shape index (κ1) is 14.7. The molecule has 1 amide bonds. The molecule has 1 aromatic carbocycles. The predicted octanol–water partition coefficient (Wildman–Crippen LogP) is 1.26. The number of rotatable bonds is 5. The van der Waals surface area contributed by atoms with Crippen LogP contribution < -0.4 is 16.2 Å². The van der Waals surface area contributed by atoms with Gasteiger partial charge in [-0.25, -0.2) is 4.79 Å². The number of primary amides is 1. The second-order valence-electron chi connectivity index (χ2n) is 4.89. The molecule has 4 N–H and O–H groups in total. The normalized spacial score (nSPS) is 10.8. The number of nitrogens with zero attached hydrogens (tertiary/aromatic N) is 3. The lowest BCUT2D eigenvalue weighted by molar-refractivity contribution is 0.150. The maximum Gasteiger partial charge on any atom is 0.404 e. The monoisotopic (exact) mass is 317 g/mol. The van der Waals surface area contributed by atoms with Crippen molar-refractivity contribution < 1.29 is 18.8 Å². The van der Waals surface area contributed by atoms with E-state index in [1.807, 2.05) is 12.1 Å². The fourth-order valence-corrected chi connectivity index (χ4v) is 2.27. The highest BCUT2D eigenvalue weighted by Gasteiger charge is 2.13. The van der Waals surface area contributed by atoms with Crippen LogP contribution in [0, 0.1) is 0 Å². The van der Waals surface area contributed by atoms with E-state index in [2.05, 4.69) is 10.3 Å². The molecule has 9 heteroatoms. The Kier molecular flexibility index (Phi) is 3.75. The van der Waals surface area contributed by atoms with Crippen molar-refractivity contribution in [3.8, 4) is 5.75 Å². The Bertz CT molecular complexity index is 854. The van der Waals surface area contributed by atoms with Crippen molar-refractivity contribution >= 4 is 22.9 Å². The van der Waals surface area contributed by atoms with E-state index in [0.717, 1.165) is 11.1 Å². The maximum absolute atomic E-state index is 10.6. The van der Waals surface area contributed by atoms with E-state index in [0.29, 0.717) is 23.3 Å². The Morgan fingerprint density at radius 3 is 2.96 bits per heavy atom. The van der Waals surface area contributed by atoms with E-state index >= 15 is 0 Å². The molecule has 0 aliphatic carbocycles. The van der Waals surface area contributed by atoms with Gasteiger partial charge in [-0.1, -0.05) is 5.16 Å². The molecule has 0 fully saturated rings. The van der Waals surface area contributed by atoms with Crippen molar-refractivity contribution in [2.24, 2.45) is 5.73 Å². The van der Waals surface area contributed by atoms with Crippen molar-refractivity contribution in [3.05, 3.63) is 35.7 Å². The summed E-state index contributed by atoms with van der Waals surface area (Å²) in [4.78, 5) is 10.6. The molecule has 3 aromatic rings. The van der Waals surface area contributed by atoms with Crippen molar-refractivity contribution in [2.75, 3.05) is 12.8 Å². The lowest BCUT2D eigenvalue weighted by Crippen LogP contribution is -2.12. The summed E-state index contributed by atoms with van der Waals surface area (Å²) in [6.45, 7) is 0.555. The third-order valence-electron chi connectivity index (χ3n) is 3.26. The molecule has 0 radical (unpaired) electrons. The molecule has 0 atom stereocenters.